The lowest BCUT2D eigenvalue weighted by Crippen LogP contribution is -2.09. The minimum Gasteiger partial charge on any atom is -0.496 e. The molecule has 0 saturated carbocycles. The van der Waals surface area contributed by atoms with E-state index in [1.54, 1.807) is 7.11 Å². The summed E-state index contributed by atoms with van der Waals surface area (Å²) >= 11 is 0. The number of methoxy groups -OCH3 is 2. The van der Waals surface area contributed by atoms with Gasteiger partial charge in [-0.25, -0.2) is 0 Å². The molecule has 3 aromatic carbocycles. The van der Waals surface area contributed by atoms with Gasteiger partial charge in [-0.3, -0.25) is 4.79 Å². The van der Waals surface area contributed by atoms with Crippen LogP contribution in [0.3, 0.4) is 0 Å². The van der Waals surface area contributed by atoms with E-state index in [2.05, 4.69) is 31.2 Å². The molecule has 0 saturated heterocycles. The quantitative estimate of drug-likeness (QED) is 0.452. The van der Waals surface area contributed by atoms with Gasteiger partial charge in [0.05, 0.1) is 27.2 Å². The third-order valence-electron chi connectivity index (χ3n) is 6.79. The molecule has 1 aliphatic heterocycles. The lowest BCUT2D eigenvalue weighted by atomic mass is 9.93. The predicted octanol–water partition coefficient (Wildman–Crippen LogP) is 5.78. The average molecular weight is 445 g/mol. The third kappa shape index (κ3) is 3.92. The Morgan fingerprint density at radius 1 is 1.03 bits per heavy atom. The van der Waals surface area contributed by atoms with Crippen molar-refractivity contribution >= 4 is 5.97 Å². The van der Waals surface area contributed by atoms with Gasteiger partial charge in [0, 0.05) is 17.5 Å². The molecule has 0 spiro atoms. The Bertz CT molecular complexity index is 1200. The van der Waals surface area contributed by atoms with Crippen molar-refractivity contribution in [1.82, 2.24) is 0 Å². The van der Waals surface area contributed by atoms with Crippen LogP contribution in [-0.4, -0.2) is 26.8 Å². The summed E-state index contributed by atoms with van der Waals surface area (Å²) in [5, 5.41) is 0. The van der Waals surface area contributed by atoms with Gasteiger partial charge in [-0.05, 0) is 59.7 Å². The van der Waals surface area contributed by atoms with Crippen LogP contribution in [0.25, 0.3) is 11.1 Å². The molecule has 0 fully saturated rings. The second-order valence-electron chi connectivity index (χ2n) is 8.64. The molecule has 2 atom stereocenters. The SMILES string of the molecule is COC(=O)CC1COc2cc(O[C@@H]3CCc4c(-c5cccc(OC)c5C)cccc43)ccc21. The van der Waals surface area contributed by atoms with Crippen LogP contribution < -0.4 is 14.2 Å². The molecule has 2 aliphatic rings. The van der Waals surface area contributed by atoms with Crippen LogP contribution in [0.5, 0.6) is 17.2 Å². The molecule has 5 heteroatoms. The topological polar surface area (TPSA) is 54.0 Å². The first kappa shape index (κ1) is 21.4. The summed E-state index contributed by atoms with van der Waals surface area (Å²) in [5.74, 6) is 2.29. The highest BCUT2D eigenvalue weighted by Gasteiger charge is 2.30. The molecule has 0 aromatic heterocycles. The summed E-state index contributed by atoms with van der Waals surface area (Å²) in [5.41, 5.74) is 7.21. The molecule has 1 unspecified atom stereocenters. The highest BCUT2D eigenvalue weighted by molar-refractivity contribution is 5.74. The first-order valence-electron chi connectivity index (χ1n) is 11.3. The van der Waals surface area contributed by atoms with Crippen LogP contribution in [-0.2, 0) is 16.0 Å². The standard InChI is InChI=1S/C28H28O5/c1-17-20(6-5-9-25(17)30-2)22-7-4-8-24-23(22)12-13-26(24)33-19-10-11-21-18(14-28(29)31-3)16-32-27(21)15-19/h4-11,15,18,26H,12-14,16H2,1-3H3/t18?,26-/m1/s1. The molecule has 0 radical (unpaired) electrons. The lowest BCUT2D eigenvalue weighted by molar-refractivity contribution is -0.141. The summed E-state index contributed by atoms with van der Waals surface area (Å²) < 4.78 is 22.6. The van der Waals surface area contributed by atoms with Crippen molar-refractivity contribution in [3.05, 3.63) is 76.9 Å². The number of hydrogen-bond acceptors (Lipinski definition) is 5. The number of carbonyl (C=O) groups is 1. The van der Waals surface area contributed by atoms with Crippen molar-refractivity contribution in [2.45, 2.75) is 38.2 Å². The van der Waals surface area contributed by atoms with Gasteiger partial charge in [0.1, 0.15) is 23.4 Å². The van der Waals surface area contributed by atoms with Crippen LogP contribution >= 0.6 is 0 Å². The van der Waals surface area contributed by atoms with E-state index >= 15 is 0 Å². The third-order valence-corrected chi connectivity index (χ3v) is 6.79. The Labute approximate surface area is 194 Å². The number of hydrogen-bond donors (Lipinski definition) is 0. The fourth-order valence-corrected chi connectivity index (χ4v) is 5.07. The van der Waals surface area contributed by atoms with Gasteiger partial charge in [0.25, 0.3) is 0 Å². The van der Waals surface area contributed by atoms with Gasteiger partial charge in [-0.15, -0.1) is 0 Å². The van der Waals surface area contributed by atoms with Crippen molar-refractivity contribution in [2.75, 3.05) is 20.8 Å². The van der Waals surface area contributed by atoms with Crippen molar-refractivity contribution in [1.29, 1.82) is 0 Å². The molecule has 0 bridgehead atoms. The predicted molar refractivity (Wildman–Crippen MR) is 126 cm³/mol. The van der Waals surface area contributed by atoms with Crippen LogP contribution in [0.15, 0.2) is 54.6 Å². The Morgan fingerprint density at radius 3 is 2.67 bits per heavy atom. The number of ether oxygens (including phenoxy) is 4. The van der Waals surface area contributed by atoms with Gasteiger partial charge >= 0.3 is 5.97 Å². The zero-order valence-corrected chi connectivity index (χ0v) is 19.2. The largest absolute Gasteiger partial charge is 0.496 e. The van der Waals surface area contributed by atoms with Gasteiger partial charge in [-0.1, -0.05) is 36.4 Å². The van der Waals surface area contributed by atoms with Crippen molar-refractivity contribution < 1.29 is 23.7 Å². The maximum Gasteiger partial charge on any atom is 0.306 e. The molecular formula is C28H28O5. The van der Waals surface area contributed by atoms with Crippen molar-refractivity contribution in [2.24, 2.45) is 0 Å². The number of rotatable bonds is 6. The first-order chi connectivity index (χ1) is 16.1. The van der Waals surface area contributed by atoms with E-state index < -0.39 is 0 Å². The Kier molecular flexibility index (Phi) is 5.71. The smallest absolute Gasteiger partial charge is 0.306 e. The minimum absolute atomic E-state index is 0.00353. The van der Waals surface area contributed by atoms with E-state index in [9.17, 15) is 4.79 Å². The fourth-order valence-electron chi connectivity index (χ4n) is 5.07. The second-order valence-corrected chi connectivity index (χ2v) is 8.64. The maximum atomic E-state index is 11.7. The van der Waals surface area contributed by atoms with E-state index in [0.717, 1.165) is 41.2 Å². The second kappa shape index (κ2) is 8.81. The number of benzene rings is 3. The summed E-state index contributed by atoms with van der Waals surface area (Å²) in [7, 11) is 3.12. The van der Waals surface area contributed by atoms with E-state index in [1.807, 2.05) is 30.3 Å². The van der Waals surface area contributed by atoms with Gasteiger partial charge in [-0.2, -0.15) is 0 Å². The Morgan fingerprint density at radius 2 is 1.85 bits per heavy atom. The zero-order valence-electron chi connectivity index (χ0n) is 19.2. The van der Waals surface area contributed by atoms with Crippen LogP contribution in [0.4, 0.5) is 0 Å². The molecule has 0 amide bonds. The van der Waals surface area contributed by atoms with Crippen molar-refractivity contribution in [3.8, 4) is 28.4 Å². The van der Waals surface area contributed by atoms with Gasteiger partial charge < -0.3 is 18.9 Å². The van der Waals surface area contributed by atoms with E-state index in [0.29, 0.717) is 13.0 Å². The highest BCUT2D eigenvalue weighted by atomic mass is 16.5. The normalized spacial score (nSPS) is 18.3. The molecule has 1 heterocycles. The lowest BCUT2D eigenvalue weighted by Gasteiger charge is -2.17. The molecule has 5 rings (SSSR count). The molecule has 170 valence electrons. The summed E-state index contributed by atoms with van der Waals surface area (Å²) in [6.45, 7) is 2.60. The van der Waals surface area contributed by atoms with E-state index in [-0.39, 0.29) is 18.0 Å². The highest BCUT2D eigenvalue weighted by Crippen LogP contribution is 2.44. The minimum atomic E-state index is -0.221. The number of carbonyl (C=O) groups excluding carboxylic acids is 1. The zero-order chi connectivity index (χ0) is 22.9. The van der Waals surface area contributed by atoms with E-state index in [4.69, 9.17) is 18.9 Å². The van der Waals surface area contributed by atoms with Crippen molar-refractivity contribution in [3.63, 3.8) is 0 Å². The molecule has 5 nitrogen and oxygen atoms in total. The monoisotopic (exact) mass is 444 g/mol. The van der Waals surface area contributed by atoms with E-state index in [1.165, 1.54) is 29.4 Å². The summed E-state index contributed by atoms with van der Waals surface area (Å²) in [4.78, 5) is 11.7. The van der Waals surface area contributed by atoms with Crippen LogP contribution in [0, 0.1) is 6.92 Å². The average Bonchev–Trinajstić information content (AvgIpc) is 3.43. The molecule has 0 N–H and O–H groups in total. The molecule has 1 aliphatic carbocycles. The molecular weight excluding hydrogens is 416 g/mol. The van der Waals surface area contributed by atoms with Crippen LogP contribution in [0.1, 0.15) is 47.1 Å². The first-order valence-corrected chi connectivity index (χ1v) is 11.3. The molecule has 33 heavy (non-hydrogen) atoms. The summed E-state index contributed by atoms with van der Waals surface area (Å²) in [6, 6.07) is 18.6. The maximum absolute atomic E-state index is 11.7. The summed E-state index contributed by atoms with van der Waals surface area (Å²) in [6.07, 6.45) is 2.22. The Hall–Kier alpha value is -3.47. The van der Waals surface area contributed by atoms with Gasteiger partial charge in [0.2, 0.25) is 0 Å². The number of esters is 1. The van der Waals surface area contributed by atoms with Gasteiger partial charge in [0.15, 0.2) is 0 Å². The van der Waals surface area contributed by atoms with Crippen LogP contribution in [0.2, 0.25) is 0 Å². The number of fused-ring (bicyclic) bond motifs is 2. The fraction of sp³-hybridized carbons (Fsp3) is 0.321. The molecule has 3 aromatic rings. The Balaban J connectivity index is 1.39.